The van der Waals surface area contributed by atoms with Gasteiger partial charge in [-0.3, -0.25) is 14.5 Å². The number of aliphatic hydroxyl groups is 1. The van der Waals surface area contributed by atoms with Crippen molar-refractivity contribution in [2.45, 2.75) is 60.1 Å². The molecule has 2 aliphatic rings. The Kier molecular flexibility index (Phi) is 12.7. The molecule has 1 amide bonds. The Balaban J connectivity index is 0.000000979. The second-order valence-corrected chi connectivity index (χ2v) is 15.1. The number of nitrogens with zero attached hydrogens (tertiary/aromatic N) is 2. The van der Waals surface area contributed by atoms with Gasteiger partial charge in [0.1, 0.15) is 12.4 Å². The zero-order valence-electron chi connectivity index (χ0n) is 31.3. The highest BCUT2D eigenvalue weighted by Crippen LogP contribution is 2.50. The van der Waals surface area contributed by atoms with Crippen molar-refractivity contribution in [2.75, 3.05) is 55.3 Å². The molecule has 52 heavy (non-hydrogen) atoms. The number of benzene rings is 4. The summed E-state index contributed by atoms with van der Waals surface area (Å²) in [7, 11) is 0. The fourth-order valence-corrected chi connectivity index (χ4v) is 7.33. The van der Waals surface area contributed by atoms with E-state index < -0.39 is 11.6 Å². The lowest BCUT2D eigenvalue weighted by Crippen LogP contribution is -2.38. The molecule has 4 aromatic carbocycles. The minimum absolute atomic E-state index is 0.0581. The number of ether oxygens (including phenoxy) is 2. The van der Waals surface area contributed by atoms with Gasteiger partial charge in [0.25, 0.3) is 5.91 Å². The minimum atomic E-state index is -0.853. The first-order chi connectivity index (χ1) is 24.7. The fourth-order valence-electron chi connectivity index (χ4n) is 6.65. The van der Waals surface area contributed by atoms with Crippen molar-refractivity contribution in [3.05, 3.63) is 100 Å². The first-order valence-corrected chi connectivity index (χ1v) is 18.9. The zero-order valence-corrected chi connectivity index (χ0v) is 32.2. The minimum Gasteiger partial charge on any atom is -0.492 e. The maximum absolute atomic E-state index is 13.5. The van der Waals surface area contributed by atoms with E-state index >= 15 is 0 Å². The smallest absolute Gasteiger partial charge is 0.307 e. The lowest BCUT2D eigenvalue weighted by Gasteiger charge is -2.36. The molecule has 2 aliphatic heterocycles. The Bertz CT molecular complexity index is 1890. The van der Waals surface area contributed by atoms with Crippen molar-refractivity contribution in [3.8, 4) is 28.0 Å². The molecule has 2 heterocycles. The molecule has 6 rings (SSSR count). The van der Waals surface area contributed by atoms with Gasteiger partial charge < -0.3 is 29.3 Å². The highest BCUT2D eigenvalue weighted by molar-refractivity contribution is 7.99. The molecule has 0 spiro atoms. The van der Waals surface area contributed by atoms with Crippen LogP contribution < -0.4 is 14.4 Å². The number of nitrogens with one attached hydrogen (secondary N) is 1. The molecule has 276 valence electrons. The van der Waals surface area contributed by atoms with Crippen LogP contribution in [-0.4, -0.2) is 78.3 Å². The first kappa shape index (κ1) is 38.9. The van der Waals surface area contributed by atoms with Crippen LogP contribution in [-0.2, 0) is 22.5 Å². The average molecular weight is 726 g/mol. The molecular weight excluding hydrogens is 675 g/mol. The van der Waals surface area contributed by atoms with Gasteiger partial charge >= 0.3 is 5.97 Å². The zero-order chi connectivity index (χ0) is 37.6. The molecule has 10 heteroatoms. The highest BCUT2D eigenvalue weighted by atomic mass is 32.2. The lowest BCUT2D eigenvalue weighted by molar-refractivity contribution is -0.136. The number of amides is 1. The Morgan fingerprint density at radius 1 is 0.942 bits per heavy atom. The van der Waals surface area contributed by atoms with Gasteiger partial charge in [-0.1, -0.05) is 53.9 Å². The van der Waals surface area contributed by atoms with E-state index in [9.17, 15) is 14.7 Å². The van der Waals surface area contributed by atoms with E-state index in [1.165, 1.54) is 0 Å². The van der Waals surface area contributed by atoms with Gasteiger partial charge in [-0.05, 0) is 105 Å². The molecular formula is C42H51N3O6S. The van der Waals surface area contributed by atoms with E-state index in [1.807, 2.05) is 62.6 Å². The summed E-state index contributed by atoms with van der Waals surface area (Å²) < 4.78 is 13.6. The van der Waals surface area contributed by atoms with Crippen LogP contribution in [0, 0.1) is 20.8 Å². The summed E-state index contributed by atoms with van der Waals surface area (Å²) in [5, 5.41) is 21.5. The van der Waals surface area contributed by atoms with Gasteiger partial charge in [-0.2, -0.15) is 0 Å². The van der Waals surface area contributed by atoms with Gasteiger partial charge in [-0.25, -0.2) is 0 Å². The highest BCUT2D eigenvalue weighted by Gasteiger charge is 2.31. The summed E-state index contributed by atoms with van der Waals surface area (Å²) in [5.41, 5.74) is 10.9. The van der Waals surface area contributed by atoms with Crippen LogP contribution >= 0.6 is 11.9 Å². The summed E-state index contributed by atoms with van der Waals surface area (Å²) in [6, 6.07) is 21.7. The number of morpholine rings is 1. The van der Waals surface area contributed by atoms with Crippen molar-refractivity contribution in [2.24, 2.45) is 0 Å². The Hall–Kier alpha value is -4.35. The number of carboxylic acids is 1. The van der Waals surface area contributed by atoms with E-state index in [0.717, 1.165) is 88.6 Å². The lowest BCUT2D eigenvalue weighted by atomic mass is 9.80. The summed E-state index contributed by atoms with van der Waals surface area (Å²) in [6.45, 7) is 16.7. The Morgan fingerprint density at radius 3 is 2.29 bits per heavy atom. The number of carbonyl (C=O) groups excluding carboxylic acids is 1. The quantitative estimate of drug-likeness (QED) is 0.141. The number of carbonyl (C=O) groups is 2. The number of aryl methyl sites for hydroxylation is 1. The monoisotopic (exact) mass is 725 g/mol. The SMILES string of the molecule is CC(C)(C)O.CSN1Cc2cc(C(=O)Nc3cccc(OCCN4CCOCC4)c3)ccc2-c2c(C)c(-c3ccc(C)cc3)c(CC(=O)O)c(C)c21. The van der Waals surface area contributed by atoms with Crippen LogP contribution in [0.4, 0.5) is 11.4 Å². The van der Waals surface area contributed by atoms with E-state index in [4.69, 9.17) is 14.6 Å². The third kappa shape index (κ3) is 9.74. The van der Waals surface area contributed by atoms with E-state index in [1.54, 1.807) is 32.7 Å². The largest absolute Gasteiger partial charge is 0.492 e. The average Bonchev–Trinajstić information content (AvgIpc) is 3.10. The van der Waals surface area contributed by atoms with Gasteiger partial charge in [0.2, 0.25) is 0 Å². The van der Waals surface area contributed by atoms with E-state index in [-0.39, 0.29) is 12.3 Å². The Morgan fingerprint density at radius 2 is 1.63 bits per heavy atom. The fraction of sp³-hybridized carbons (Fsp3) is 0.381. The predicted molar refractivity (Wildman–Crippen MR) is 212 cm³/mol. The van der Waals surface area contributed by atoms with Gasteiger partial charge in [0.15, 0.2) is 0 Å². The Labute approximate surface area is 312 Å². The number of anilines is 2. The molecule has 1 saturated heterocycles. The molecule has 3 N–H and O–H groups in total. The van der Waals surface area contributed by atoms with Crippen LogP contribution in [0.1, 0.15) is 58.9 Å². The molecule has 0 atom stereocenters. The summed E-state index contributed by atoms with van der Waals surface area (Å²) in [5.74, 6) is -0.329. The summed E-state index contributed by atoms with van der Waals surface area (Å²) in [6.07, 6.45) is 1.97. The topological polar surface area (TPSA) is 112 Å². The number of carboxylic acid groups (broad SMARTS) is 1. The molecule has 9 nitrogen and oxygen atoms in total. The number of aliphatic carboxylic acids is 1. The number of hydrogen-bond acceptors (Lipinski definition) is 8. The van der Waals surface area contributed by atoms with E-state index in [0.29, 0.717) is 30.2 Å². The molecule has 1 fully saturated rings. The normalized spacial score (nSPS) is 14.1. The molecule has 0 unspecified atom stereocenters. The standard InChI is InChI=1S/C38H41N3O5S.C4H10O/c1-24-8-10-27(11-9-24)35-26(3)36-32-13-12-28(20-29(32)23-41(47-4)37(36)25(2)33(35)22-34(42)43)38(44)39-30-6-5-7-31(21-30)46-19-16-40-14-17-45-18-15-40;1-4(2,3)5/h5-13,20-21H,14-19,22-23H2,1-4H3,(H,39,44)(H,42,43);5H,1-3H3. The van der Waals surface area contributed by atoms with Crippen LogP contribution in [0.15, 0.2) is 66.7 Å². The van der Waals surface area contributed by atoms with E-state index in [2.05, 4.69) is 45.7 Å². The number of hydrogen-bond donors (Lipinski definition) is 3. The van der Waals surface area contributed by atoms with Crippen molar-refractivity contribution >= 4 is 35.2 Å². The number of rotatable bonds is 10. The molecule has 0 aliphatic carbocycles. The molecule has 4 aromatic rings. The van der Waals surface area contributed by atoms with Crippen LogP contribution in [0.25, 0.3) is 22.3 Å². The van der Waals surface area contributed by atoms with Crippen LogP contribution in [0.3, 0.4) is 0 Å². The summed E-state index contributed by atoms with van der Waals surface area (Å²) in [4.78, 5) is 27.9. The van der Waals surface area contributed by atoms with Crippen molar-refractivity contribution < 1.29 is 29.3 Å². The molecule has 0 radical (unpaired) electrons. The third-order valence-corrected chi connectivity index (χ3v) is 9.81. The van der Waals surface area contributed by atoms with Gasteiger partial charge in [0, 0.05) is 48.8 Å². The number of fused-ring (bicyclic) bond motifs is 3. The molecule has 0 bridgehead atoms. The molecule has 0 saturated carbocycles. The predicted octanol–water partition coefficient (Wildman–Crippen LogP) is 7.91. The second kappa shape index (κ2) is 17.0. The van der Waals surface area contributed by atoms with Crippen molar-refractivity contribution in [3.63, 3.8) is 0 Å². The third-order valence-electron chi connectivity index (χ3n) is 9.06. The van der Waals surface area contributed by atoms with Crippen LogP contribution in [0.2, 0.25) is 0 Å². The van der Waals surface area contributed by atoms with Gasteiger partial charge in [0.05, 0.1) is 37.5 Å². The first-order valence-electron chi connectivity index (χ1n) is 17.7. The summed E-state index contributed by atoms with van der Waals surface area (Å²) >= 11 is 1.60. The van der Waals surface area contributed by atoms with Crippen molar-refractivity contribution in [1.29, 1.82) is 0 Å². The maximum Gasteiger partial charge on any atom is 0.307 e. The maximum atomic E-state index is 13.5. The van der Waals surface area contributed by atoms with Gasteiger partial charge in [-0.15, -0.1) is 0 Å². The second-order valence-electron chi connectivity index (χ2n) is 14.3. The van der Waals surface area contributed by atoms with Crippen molar-refractivity contribution in [1.82, 2.24) is 4.90 Å². The molecule has 0 aromatic heterocycles. The van der Waals surface area contributed by atoms with Crippen LogP contribution in [0.5, 0.6) is 5.75 Å².